The third-order valence-corrected chi connectivity index (χ3v) is 4.75. The Kier molecular flexibility index (Phi) is 6.57. The second-order valence-electron chi connectivity index (χ2n) is 6.69. The smallest absolute Gasteiger partial charge is 0.239 e. The van der Waals surface area contributed by atoms with Gasteiger partial charge in [0, 0.05) is 19.6 Å². The van der Waals surface area contributed by atoms with Gasteiger partial charge in [-0.1, -0.05) is 25.3 Å². The summed E-state index contributed by atoms with van der Waals surface area (Å²) in [7, 11) is 1.70. The van der Waals surface area contributed by atoms with Crippen LogP contribution < -0.4 is 25.4 Å². The van der Waals surface area contributed by atoms with Crippen LogP contribution in [0.15, 0.2) is 23.2 Å². The minimum Gasteiger partial charge on any atom is -0.454 e. The van der Waals surface area contributed by atoms with E-state index in [2.05, 4.69) is 20.9 Å². The van der Waals surface area contributed by atoms with Gasteiger partial charge in [-0.2, -0.15) is 0 Å². The standard InChI is InChI=1S/C19H28N4O3/c1-20-19(22-12-18(24)23-15-5-3-2-4-6-15)21-10-9-14-7-8-16-17(11-14)26-13-25-16/h7-8,11,15H,2-6,9-10,12-13H2,1H3,(H,23,24)(H2,20,21,22). The molecule has 1 saturated carbocycles. The van der Waals surface area contributed by atoms with Gasteiger partial charge >= 0.3 is 0 Å². The monoisotopic (exact) mass is 360 g/mol. The van der Waals surface area contributed by atoms with Crippen molar-refractivity contribution in [2.45, 2.75) is 44.6 Å². The summed E-state index contributed by atoms with van der Waals surface area (Å²) < 4.78 is 10.7. The van der Waals surface area contributed by atoms with Crippen LogP contribution in [-0.4, -0.2) is 44.8 Å². The molecule has 0 bridgehead atoms. The number of hydrogen-bond acceptors (Lipinski definition) is 4. The highest BCUT2D eigenvalue weighted by molar-refractivity contribution is 5.86. The molecule has 1 heterocycles. The number of guanidine groups is 1. The zero-order valence-electron chi connectivity index (χ0n) is 15.3. The lowest BCUT2D eigenvalue weighted by Gasteiger charge is -2.23. The van der Waals surface area contributed by atoms with Crippen LogP contribution in [0, 0.1) is 0 Å². The van der Waals surface area contributed by atoms with E-state index in [1.807, 2.05) is 18.2 Å². The maximum atomic E-state index is 12.1. The lowest BCUT2D eigenvalue weighted by atomic mass is 9.95. The van der Waals surface area contributed by atoms with Gasteiger partial charge in [0.2, 0.25) is 12.7 Å². The van der Waals surface area contributed by atoms with Crippen molar-refractivity contribution < 1.29 is 14.3 Å². The van der Waals surface area contributed by atoms with E-state index < -0.39 is 0 Å². The van der Waals surface area contributed by atoms with Gasteiger partial charge in [-0.15, -0.1) is 0 Å². The van der Waals surface area contributed by atoms with Gasteiger partial charge in [0.25, 0.3) is 0 Å². The molecule has 1 amide bonds. The number of aliphatic imine (C=N–C) groups is 1. The number of ether oxygens (including phenoxy) is 2. The lowest BCUT2D eigenvalue weighted by molar-refractivity contribution is -0.120. The SMILES string of the molecule is CN=C(NCCc1ccc2c(c1)OCO2)NCC(=O)NC1CCCCC1. The van der Waals surface area contributed by atoms with Gasteiger partial charge < -0.3 is 25.4 Å². The van der Waals surface area contributed by atoms with Gasteiger partial charge in [0.05, 0.1) is 6.54 Å². The van der Waals surface area contributed by atoms with Gasteiger partial charge in [0.1, 0.15) is 0 Å². The molecule has 142 valence electrons. The number of amides is 1. The van der Waals surface area contributed by atoms with Gasteiger partial charge in [0.15, 0.2) is 17.5 Å². The van der Waals surface area contributed by atoms with E-state index in [4.69, 9.17) is 9.47 Å². The fraction of sp³-hybridized carbons (Fsp3) is 0.579. The zero-order chi connectivity index (χ0) is 18.2. The summed E-state index contributed by atoms with van der Waals surface area (Å²) >= 11 is 0. The molecule has 1 aromatic carbocycles. The molecule has 3 N–H and O–H groups in total. The van der Waals surface area contributed by atoms with Crippen molar-refractivity contribution in [2.24, 2.45) is 4.99 Å². The number of carbonyl (C=O) groups is 1. The third-order valence-electron chi connectivity index (χ3n) is 4.75. The summed E-state index contributed by atoms with van der Waals surface area (Å²) in [6.45, 7) is 1.24. The van der Waals surface area contributed by atoms with Gasteiger partial charge in [-0.3, -0.25) is 9.79 Å². The third kappa shape index (κ3) is 5.28. The van der Waals surface area contributed by atoms with Crippen LogP contribution in [0.2, 0.25) is 0 Å². The predicted molar refractivity (Wildman–Crippen MR) is 101 cm³/mol. The number of benzene rings is 1. The molecule has 3 rings (SSSR count). The molecular weight excluding hydrogens is 332 g/mol. The lowest BCUT2D eigenvalue weighted by Crippen LogP contribution is -2.46. The molecule has 0 atom stereocenters. The molecule has 2 aliphatic rings. The molecule has 0 radical (unpaired) electrons. The highest BCUT2D eigenvalue weighted by Gasteiger charge is 2.16. The van der Waals surface area contributed by atoms with Crippen LogP contribution in [0.5, 0.6) is 11.5 Å². The first-order valence-corrected chi connectivity index (χ1v) is 9.37. The number of carbonyl (C=O) groups excluding carboxylic acids is 1. The quantitative estimate of drug-likeness (QED) is 0.530. The van der Waals surface area contributed by atoms with E-state index in [0.717, 1.165) is 36.3 Å². The van der Waals surface area contributed by atoms with Crippen LogP contribution in [-0.2, 0) is 11.2 Å². The maximum absolute atomic E-state index is 12.1. The van der Waals surface area contributed by atoms with Gasteiger partial charge in [-0.05, 0) is 37.0 Å². The average molecular weight is 360 g/mol. The Hall–Kier alpha value is -2.44. The first kappa shape index (κ1) is 18.4. The minimum absolute atomic E-state index is 0.0237. The Morgan fingerprint density at radius 3 is 2.77 bits per heavy atom. The van der Waals surface area contributed by atoms with Crippen LogP contribution >= 0.6 is 0 Å². The molecule has 1 aliphatic heterocycles. The number of fused-ring (bicyclic) bond motifs is 1. The first-order chi connectivity index (χ1) is 12.7. The van der Waals surface area contributed by atoms with Crippen molar-refractivity contribution in [1.82, 2.24) is 16.0 Å². The molecule has 7 nitrogen and oxygen atoms in total. The van der Waals surface area contributed by atoms with Crippen molar-refractivity contribution in [3.8, 4) is 11.5 Å². The fourth-order valence-electron chi connectivity index (χ4n) is 3.33. The molecule has 0 aromatic heterocycles. The number of nitrogens with one attached hydrogen (secondary N) is 3. The fourth-order valence-corrected chi connectivity index (χ4v) is 3.33. The Morgan fingerprint density at radius 2 is 1.96 bits per heavy atom. The number of nitrogens with zero attached hydrogens (tertiary/aromatic N) is 1. The molecule has 26 heavy (non-hydrogen) atoms. The van der Waals surface area contributed by atoms with Crippen LogP contribution in [0.25, 0.3) is 0 Å². The highest BCUT2D eigenvalue weighted by atomic mass is 16.7. The zero-order valence-corrected chi connectivity index (χ0v) is 15.3. The summed E-state index contributed by atoms with van der Waals surface area (Å²) in [5.74, 6) is 2.24. The van der Waals surface area contributed by atoms with Crippen LogP contribution in [0.1, 0.15) is 37.7 Å². The highest BCUT2D eigenvalue weighted by Crippen LogP contribution is 2.32. The van der Waals surface area contributed by atoms with E-state index in [1.54, 1.807) is 7.05 Å². The van der Waals surface area contributed by atoms with Crippen molar-refractivity contribution in [3.05, 3.63) is 23.8 Å². The number of rotatable bonds is 6. The molecule has 0 unspecified atom stereocenters. The molecule has 0 saturated heterocycles. The summed E-state index contributed by atoms with van der Waals surface area (Å²) in [6, 6.07) is 6.29. The minimum atomic E-state index is 0.0237. The summed E-state index contributed by atoms with van der Waals surface area (Å²) in [4.78, 5) is 16.2. The van der Waals surface area contributed by atoms with Crippen molar-refractivity contribution in [3.63, 3.8) is 0 Å². The Bertz CT molecular complexity index is 642. The second kappa shape index (κ2) is 9.31. The summed E-state index contributed by atoms with van der Waals surface area (Å²) in [5, 5.41) is 9.39. The predicted octanol–water partition coefficient (Wildman–Crippen LogP) is 1.57. The van der Waals surface area contributed by atoms with Crippen LogP contribution in [0.4, 0.5) is 0 Å². The maximum Gasteiger partial charge on any atom is 0.239 e. The molecule has 7 heteroatoms. The summed E-state index contributed by atoms with van der Waals surface area (Å²) in [5.41, 5.74) is 1.16. The molecule has 0 spiro atoms. The molecule has 1 aliphatic carbocycles. The van der Waals surface area contributed by atoms with Crippen LogP contribution in [0.3, 0.4) is 0 Å². The molecule has 1 fully saturated rings. The average Bonchev–Trinajstić information content (AvgIpc) is 3.13. The Labute approximate surface area is 154 Å². The largest absolute Gasteiger partial charge is 0.454 e. The molecule has 1 aromatic rings. The summed E-state index contributed by atoms with van der Waals surface area (Å²) in [6.07, 6.45) is 6.71. The van der Waals surface area contributed by atoms with Crippen molar-refractivity contribution in [1.29, 1.82) is 0 Å². The van der Waals surface area contributed by atoms with Crippen molar-refractivity contribution >= 4 is 11.9 Å². The van der Waals surface area contributed by atoms with E-state index in [1.165, 1.54) is 19.3 Å². The van der Waals surface area contributed by atoms with Gasteiger partial charge in [-0.25, -0.2) is 0 Å². The number of hydrogen-bond donors (Lipinski definition) is 3. The van der Waals surface area contributed by atoms with E-state index >= 15 is 0 Å². The first-order valence-electron chi connectivity index (χ1n) is 9.37. The van der Waals surface area contributed by atoms with Crippen molar-refractivity contribution in [2.75, 3.05) is 26.9 Å². The van der Waals surface area contributed by atoms with E-state index in [9.17, 15) is 4.79 Å². The van der Waals surface area contributed by atoms with E-state index in [0.29, 0.717) is 18.5 Å². The Balaban J connectivity index is 1.36. The Morgan fingerprint density at radius 1 is 1.15 bits per heavy atom. The van der Waals surface area contributed by atoms with E-state index in [-0.39, 0.29) is 19.2 Å². The second-order valence-corrected chi connectivity index (χ2v) is 6.69. The normalized spacial score (nSPS) is 17.0. The topological polar surface area (TPSA) is 84.0 Å². The molecular formula is C19H28N4O3.